The largest absolute Gasteiger partial charge is 0.497 e. The van der Waals surface area contributed by atoms with Gasteiger partial charge >= 0.3 is 6.09 Å². The van der Waals surface area contributed by atoms with Crippen LogP contribution in [0.4, 0.5) is 4.79 Å². The first-order chi connectivity index (χ1) is 25.4. The molecular formula is C38H42BrN7O5S2. The van der Waals surface area contributed by atoms with E-state index in [9.17, 15) is 13.2 Å². The molecule has 53 heavy (non-hydrogen) atoms. The minimum Gasteiger partial charge on any atom is -0.497 e. The van der Waals surface area contributed by atoms with Crippen molar-refractivity contribution in [3.63, 3.8) is 0 Å². The zero-order valence-corrected chi connectivity index (χ0v) is 33.2. The van der Waals surface area contributed by atoms with Crippen LogP contribution in [0.1, 0.15) is 43.9 Å². The molecule has 12 nitrogen and oxygen atoms in total. The fraction of sp³-hybridized carbons (Fsp3) is 0.316. The molecule has 1 amide bonds. The Morgan fingerprint density at radius 1 is 0.943 bits per heavy atom. The van der Waals surface area contributed by atoms with Gasteiger partial charge < -0.3 is 14.4 Å². The lowest BCUT2D eigenvalue weighted by molar-refractivity contribution is 0.0292. The number of carbonyl (C=O) groups excluding carboxylic acids is 1. The summed E-state index contributed by atoms with van der Waals surface area (Å²) in [4.78, 5) is 14.9. The maximum Gasteiger partial charge on any atom is 0.410 e. The van der Waals surface area contributed by atoms with Gasteiger partial charge in [0.15, 0.2) is 5.82 Å². The highest BCUT2D eigenvalue weighted by molar-refractivity contribution is 9.10. The van der Waals surface area contributed by atoms with Gasteiger partial charge in [0.2, 0.25) is 10.0 Å². The smallest absolute Gasteiger partial charge is 0.410 e. The Morgan fingerprint density at radius 3 is 2.19 bits per heavy atom. The summed E-state index contributed by atoms with van der Waals surface area (Å²) in [5.41, 5.74) is 2.92. The Balaban J connectivity index is 1.40. The third-order valence-corrected chi connectivity index (χ3v) is 11.9. The Hall–Kier alpha value is -4.28. The SMILES string of the molecule is COc1ccc(Cn2nnnc2-c2c(Br)ccc(S(=O)(=O)N[C@@H]3CCN(C(=O)OC(C)(C)C)C3)c2SN(Cc2ccccc2)Cc2ccccc2)cc1. The van der Waals surface area contributed by atoms with Gasteiger partial charge in [0.1, 0.15) is 11.4 Å². The number of halogens is 1. The third-order valence-electron chi connectivity index (χ3n) is 8.39. The molecule has 1 aliphatic rings. The zero-order valence-electron chi connectivity index (χ0n) is 30.0. The van der Waals surface area contributed by atoms with Gasteiger partial charge in [0.25, 0.3) is 0 Å². The molecule has 0 radical (unpaired) electrons. The number of tetrazole rings is 1. The van der Waals surface area contributed by atoms with Crippen molar-refractivity contribution in [1.29, 1.82) is 0 Å². The zero-order chi connectivity index (χ0) is 37.6. The number of rotatable bonds is 13. The topological polar surface area (TPSA) is 132 Å². The van der Waals surface area contributed by atoms with E-state index >= 15 is 0 Å². The van der Waals surface area contributed by atoms with Crippen molar-refractivity contribution in [3.05, 3.63) is 118 Å². The van der Waals surface area contributed by atoms with E-state index < -0.39 is 27.8 Å². The maximum absolute atomic E-state index is 14.5. The van der Waals surface area contributed by atoms with Gasteiger partial charge in [-0.25, -0.2) is 26.9 Å². The predicted molar refractivity (Wildman–Crippen MR) is 208 cm³/mol. The van der Waals surface area contributed by atoms with Crippen molar-refractivity contribution in [3.8, 4) is 17.1 Å². The molecule has 0 unspecified atom stereocenters. The molecule has 1 saturated heterocycles. The number of ether oxygens (including phenoxy) is 2. The van der Waals surface area contributed by atoms with E-state index in [4.69, 9.17) is 9.47 Å². The summed E-state index contributed by atoms with van der Waals surface area (Å²) in [5.74, 6) is 1.12. The molecule has 1 atom stereocenters. The van der Waals surface area contributed by atoms with Crippen LogP contribution in [0.25, 0.3) is 11.4 Å². The quantitative estimate of drug-likeness (QED) is 0.122. The number of nitrogens with zero attached hydrogens (tertiary/aromatic N) is 6. The number of benzene rings is 4. The molecule has 0 saturated carbocycles. The number of amides is 1. The van der Waals surface area contributed by atoms with E-state index in [2.05, 4.69) is 40.5 Å². The minimum atomic E-state index is -4.15. The summed E-state index contributed by atoms with van der Waals surface area (Å²) in [6, 6.07) is 30.5. The van der Waals surface area contributed by atoms with Gasteiger partial charge in [-0.3, -0.25) is 0 Å². The van der Waals surface area contributed by atoms with Crippen molar-refractivity contribution in [2.45, 2.75) is 68.3 Å². The second kappa shape index (κ2) is 16.8. The number of nitrogens with one attached hydrogen (secondary N) is 1. The molecule has 4 aromatic carbocycles. The van der Waals surface area contributed by atoms with Crippen LogP contribution in [0.5, 0.6) is 5.75 Å². The molecule has 6 rings (SSSR count). The van der Waals surface area contributed by atoms with Crippen LogP contribution in [-0.4, -0.2) is 75.8 Å². The molecule has 0 spiro atoms. The van der Waals surface area contributed by atoms with E-state index in [-0.39, 0.29) is 11.4 Å². The van der Waals surface area contributed by atoms with Crippen molar-refractivity contribution in [2.24, 2.45) is 0 Å². The Kier molecular flexibility index (Phi) is 12.2. The molecule has 0 aliphatic carbocycles. The van der Waals surface area contributed by atoms with Gasteiger partial charge in [-0.15, -0.1) is 5.10 Å². The highest BCUT2D eigenvalue weighted by Crippen LogP contribution is 2.43. The molecule has 15 heteroatoms. The molecular weight excluding hydrogens is 778 g/mol. The Morgan fingerprint density at radius 2 is 1.58 bits per heavy atom. The molecule has 0 bridgehead atoms. The fourth-order valence-electron chi connectivity index (χ4n) is 5.90. The van der Waals surface area contributed by atoms with E-state index in [1.54, 1.807) is 44.7 Å². The van der Waals surface area contributed by atoms with Gasteiger partial charge in [0, 0.05) is 36.7 Å². The number of carbonyl (C=O) groups is 1. The molecule has 1 fully saturated rings. The predicted octanol–water partition coefficient (Wildman–Crippen LogP) is 7.16. The van der Waals surface area contributed by atoms with Crippen molar-refractivity contribution in [2.75, 3.05) is 20.2 Å². The molecule has 5 aromatic rings. The first-order valence-electron chi connectivity index (χ1n) is 17.1. The highest BCUT2D eigenvalue weighted by atomic mass is 79.9. The van der Waals surface area contributed by atoms with Gasteiger partial charge in [-0.1, -0.05) is 72.8 Å². The van der Waals surface area contributed by atoms with Gasteiger partial charge in [-0.2, -0.15) is 0 Å². The van der Waals surface area contributed by atoms with E-state index in [1.165, 1.54) is 16.8 Å². The first kappa shape index (κ1) is 38.4. The molecule has 278 valence electrons. The number of hydrogen-bond acceptors (Lipinski definition) is 10. The third kappa shape index (κ3) is 10.0. The summed E-state index contributed by atoms with van der Waals surface area (Å²) in [6.45, 7) is 7.34. The normalized spacial score (nSPS) is 14.8. The van der Waals surface area contributed by atoms with Crippen LogP contribution < -0.4 is 9.46 Å². The van der Waals surface area contributed by atoms with Crippen LogP contribution in [0.3, 0.4) is 0 Å². The molecule has 1 aliphatic heterocycles. The molecule has 2 heterocycles. The Bertz CT molecular complexity index is 2070. The molecule has 1 N–H and O–H groups in total. The standard InChI is InChI=1S/C38H42BrN7O5S2/c1-38(2,3)51-37(47)44-22-21-30(26-44)41-53(48,49)33-20-19-32(39)34(36-40-42-43-46(36)25-29-15-17-31(50-4)18-16-29)35(33)52-45(23-27-11-7-5-8-12-27)24-28-13-9-6-10-14-28/h5-20,30,41H,21-26H2,1-4H3/t30-/m1/s1. The van der Waals surface area contributed by atoms with Gasteiger partial charge in [0.05, 0.1) is 29.0 Å². The number of methoxy groups -OCH3 is 1. The maximum atomic E-state index is 14.5. The van der Waals surface area contributed by atoms with E-state index in [0.717, 1.165) is 22.4 Å². The van der Waals surface area contributed by atoms with Crippen LogP contribution in [0.2, 0.25) is 0 Å². The van der Waals surface area contributed by atoms with Crippen molar-refractivity contribution < 1.29 is 22.7 Å². The van der Waals surface area contributed by atoms with E-state index in [0.29, 0.717) is 53.4 Å². The monoisotopic (exact) mass is 819 g/mol. The van der Waals surface area contributed by atoms with Crippen LogP contribution in [0.15, 0.2) is 111 Å². The minimum absolute atomic E-state index is 0.0709. The summed E-state index contributed by atoms with van der Waals surface area (Å²) in [5, 5.41) is 12.8. The fourth-order valence-corrected chi connectivity index (χ4v) is 9.47. The summed E-state index contributed by atoms with van der Waals surface area (Å²) < 4.78 is 47.2. The highest BCUT2D eigenvalue weighted by Gasteiger charge is 2.35. The van der Waals surface area contributed by atoms with Crippen LogP contribution in [0, 0.1) is 0 Å². The van der Waals surface area contributed by atoms with Crippen LogP contribution >= 0.6 is 27.9 Å². The average Bonchev–Trinajstić information content (AvgIpc) is 3.78. The van der Waals surface area contributed by atoms with Gasteiger partial charge in [-0.05, 0) is 106 Å². The second-order valence-electron chi connectivity index (χ2n) is 13.7. The van der Waals surface area contributed by atoms with E-state index in [1.807, 2.05) is 84.9 Å². The lowest BCUT2D eigenvalue weighted by atomic mass is 10.2. The summed E-state index contributed by atoms with van der Waals surface area (Å²) in [6.07, 6.45) is -0.0268. The first-order valence-corrected chi connectivity index (χ1v) is 20.2. The average molecular weight is 821 g/mol. The number of likely N-dealkylation sites (tertiary alicyclic amines) is 1. The molecule has 1 aromatic heterocycles. The Labute approximate surface area is 323 Å². The summed E-state index contributed by atoms with van der Waals surface area (Å²) >= 11 is 5.07. The lowest BCUT2D eigenvalue weighted by Crippen LogP contribution is -2.40. The van der Waals surface area contributed by atoms with Crippen LogP contribution in [-0.2, 0) is 34.4 Å². The lowest BCUT2D eigenvalue weighted by Gasteiger charge is -2.26. The number of hydrogen-bond donors (Lipinski definition) is 1. The number of aromatic nitrogens is 4. The number of sulfonamides is 1. The van der Waals surface area contributed by atoms with Crippen molar-refractivity contribution >= 4 is 44.0 Å². The van der Waals surface area contributed by atoms with Crippen molar-refractivity contribution in [1.82, 2.24) is 34.1 Å². The summed E-state index contributed by atoms with van der Waals surface area (Å²) in [7, 11) is -2.53. The second-order valence-corrected chi connectivity index (χ2v) is 17.3.